The number of rotatable bonds is 5. The van der Waals surface area contributed by atoms with Gasteiger partial charge in [-0.25, -0.2) is 4.39 Å². The number of carbonyl (C=O) groups excluding carboxylic acids is 1. The van der Waals surface area contributed by atoms with Crippen molar-refractivity contribution in [3.8, 4) is 0 Å². The van der Waals surface area contributed by atoms with E-state index in [0.717, 1.165) is 5.56 Å². The Morgan fingerprint density at radius 1 is 1.23 bits per heavy atom. The van der Waals surface area contributed by atoms with Crippen molar-refractivity contribution in [2.24, 2.45) is 0 Å². The summed E-state index contributed by atoms with van der Waals surface area (Å²) in [6.07, 6.45) is 0. The SMILES string of the molecule is CN(CC(=O)Nc1ccccc1F)Cc1ccc(Cl)cc1Cl. The van der Waals surface area contributed by atoms with E-state index < -0.39 is 5.82 Å². The molecule has 0 aliphatic heterocycles. The predicted molar refractivity (Wildman–Crippen MR) is 87.8 cm³/mol. The number of para-hydroxylation sites is 1. The molecule has 2 rings (SSSR count). The summed E-state index contributed by atoms with van der Waals surface area (Å²) in [5, 5.41) is 3.65. The Kier molecular flexibility index (Phi) is 5.77. The van der Waals surface area contributed by atoms with Crippen LogP contribution in [-0.4, -0.2) is 24.4 Å². The van der Waals surface area contributed by atoms with Crippen LogP contribution in [0.2, 0.25) is 10.0 Å². The molecule has 1 N–H and O–H groups in total. The first-order valence-electron chi connectivity index (χ1n) is 6.62. The highest BCUT2D eigenvalue weighted by atomic mass is 35.5. The Balaban J connectivity index is 1.92. The molecule has 1 amide bonds. The van der Waals surface area contributed by atoms with E-state index in [1.54, 1.807) is 36.2 Å². The van der Waals surface area contributed by atoms with E-state index >= 15 is 0 Å². The zero-order valence-corrected chi connectivity index (χ0v) is 13.5. The lowest BCUT2D eigenvalue weighted by atomic mass is 10.2. The number of hydrogen-bond donors (Lipinski definition) is 1. The maximum atomic E-state index is 13.5. The molecule has 0 bridgehead atoms. The molecule has 0 aromatic heterocycles. The summed E-state index contributed by atoms with van der Waals surface area (Å²) in [6, 6.07) is 11.3. The van der Waals surface area contributed by atoms with Crippen LogP contribution in [0.3, 0.4) is 0 Å². The number of carbonyl (C=O) groups is 1. The van der Waals surface area contributed by atoms with Gasteiger partial charge in [-0.2, -0.15) is 0 Å². The highest BCUT2D eigenvalue weighted by Gasteiger charge is 2.11. The number of benzene rings is 2. The van der Waals surface area contributed by atoms with Gasteiger partial charge in [0, 0.05) is 16.6 Å². The summed E-state index contributed by atoms with van der Waals surface area (Å²) in [5.41, 5.74) is 1.04. The lowest BCUT2D eigenvalue weighted by Gasteiger charge is -2.17. The number of anilines is 1. The second-order valence-corrected chi connectivity index (χ2v) is 5.78. The molecule has 0 heterocycles. The quantitative estimate of drug-likeness (QED) is 0.884. The second kappa shape index (κ2) is 7.58. The molecule has 0 fully saturated rings. The summed E-state index contributed by atoms with van der Waals surface area (Å²) in [5.74, 6) is -0.753. The third-order valence-electron chi connectivity index (χ3n) is 3.02. The van der Waals surface area contributed by atoms with Gasteiger partial charge in [0.2, 0.25) is 5.91 Å². The molecule has 0 radical (unpaired) electrons. The molecule has 2 aromatic rings. The Bertz CT molecular complexity index is 679. The normalized spacial score (nSPS) is 10.8. The van der Waals surface area contributed by atoms with Gasteiger partial charge in [0.15, 0.2) is 0 Å². The lowest BCUT2D eigenvalue weighted by molar-refractivity contribution is -0.117. The van der Waals surface area contributed by atoms with E-state index in [4.69, 9.17) is 23.2 Å². The number of nitrogens with one attached hydrogen (secondary N) is 1. The molecule has 3 nitrogen and oxygen atoms in total. The van der Waals surface area contributed by atoms with Gasteiger partial charge >= 0.3 is 0 Å². The molecule has 0 saturated heterocycles. The first-order valence-corrected chi connectivity index (χ1v) is 7.38. The summed E-state index contributed by atoms with van der Waals surface area (Å²) in [6.45, 7) is 0.605. The van der Waals surface area contributed by atoms with E-state index in [0.29, 0.717) is 16.6 Å². The van der Waals surface area contributed by atoms with E-state index in [1.807, 2.05) is 6.07 Å². The van der Waals surface area contributed by atoms with Crippen LogP contribution in [0.25, 0.3) is 0 Å². The number of hydrogen-bond acceptors (Lipinski definition) is 2. The zero-order valence-electron chi connectivity index (χ0n) is 11.9. The predicted octanol–water partition coefficient (Wildman–Crippen LogP) is 4.20. The average Bonchev–Trinajstić information content (AvgIpc) is 2.44. The van der Waals surface area contributed by atoms with Crippen molar-refractivity contribution in [2.75, 3.05) is 18.9 Å². The summed E-state index contributed by atoms with van der Waals surface area (Å²) in [4.78, 5) is 13.7. The fourth-order valence-corrected chi connectivity index (χ4v) is 2.46. The Hall–Kier alpha value is -1.62. The third kappa shape index (κ3) is 4.70. The fraction of sp³-hybridized carbons (Fsp3) is 0.188. The molecule has 2 aromatic carbocycles. The maximum absolute atomic E-state index is 13.5. The van der Waals surface area contributed by atoms with Crippen molar-refractivity contribution < 1.29 is 9.18 Å². The molecule has 6 heteroatoms. The van der Waals surface area contributed by atoms with Crippen LogP contribution in [0.4, 0.5) is 10.1 Å². The first kappa shape index (κ1) is 16.7. The minimum atomic E-state index is -0.459. The number of amides is 1. The average molecular weight is 341 g/mol. The molecule has 0 spiro atoms. The smallest absolute Gasteiger partial charge is 0.238 e. The zero-order chi connectivity index (χ0) is 16.1. The summed E-state index contributed by atoms with van der Waals surface area (Å²) in [7, 11) is 1.78. The van der Waals surface area contributed by atoms with Crippen LogP contribution in [-0.2, 0) is 11.3 Å². The fourth-order valence-electron chi connectivity index (χ4n) is 1.99. The van der Waals surface area contributed by atoms with Gasteiger partial charge in [0.1, 0.15) is 5.82 Å². The second-order valence-electron chi connectivity index (χ2n) is 4.94. The minimum Gasteiger partial charge on any atom is -0.322 e. The molecule has 0 saturated carbocycles. The van der Waals surface area contributed by atoms with Gasteiger partial charge in [-0.05, 0) is 36.9 Å². The number of nitrogens with zero attached hydrogens (tertiary/aromatic N) is 1. The van der Waals surface area contributed by atoms with Crippen LogP contribution in [0.5, 0.6) is 0 Å². The standard InChI is InChI=1S/C16H15Cl2FN2O/c1-21(9-11-6-7-12(17)8-13(11)18)10-16(22)20-15-5-3-2-4-14(15)19/h2-8H,9-10H2,1H3,(H,20,22). The van der Waals surface area contributed by atoms with E-state index in [9.17, 15) is 9.18 Å². The molecular weight excluding hydrogens is 326 g/mol. The molecular formula is C16H15Cl2FN2O. The topological polar surface area (TPSA) is 32.3 Å². The Morgan fingerprint density at radius 2 is 1.95 bits per heavy atom. The van der Waals surface area contributed by atoms with Crippen LogP contribution >= 0.6 is 23.2 Å². The Morgan fingerprint density at radius 3 is 2.64 bits per heavy atom. The number of halogens is 3. The van der Waals surface area contributed by atoms with Crippen LogP contribution in [0.15, 0.2) is 42.5 Å². The maximum Gasteiger partial charge on any atom is 0.238 e. The molecule has 0 aliphatic rings. The highest BCUT2D eigenvalue weighted by molar-refractivity contribution is 6.35. The molecule has 0 aliphatic carbocycles. The van der Waals surface area contributed by atoms with E-state index in [-0.39, 0.29) is 18.1 Å². The third-order valence-corrected chi connectivity index (χ3v) is 3.60. The van der Waals surface area contributed by atoms with Crippen LogP contribution in [0.1, 0.15) is 5.56 Å². The minimum absolute atomic E-state index is 0.118. The van der Waals surface area contributed by atoms with Gasteiger partial charge in [0.05, 0.1) is 12.2 Å². The van der Waals surface area contributed by atoms with Crippen molar-refractivity contribution in [1.29, 1.82) is 0 Å². The van der Waals surface area contributed by atoms with Crippen molar-refractivity contribution in [3.63, 3.8) is 0 Å². The summed E-state index contributed by atoms with van der Waals surface area (Å²) < 4.78 is 13.5. The first-order chi connectivity index (χ1) is 10.5. The molecule has 116 valence electrons. The van der Waals surface area contributed by atoms with Crippen molar-refractivity contribution in [1.82, 2.24) is 4.90 Å². The van der Waals surface area contributed by atoms with Gasteiger partial charge < -0.3 is 5.32 Å². The highest BCUT2D eigenvalue weighted by Crippen LogP contribution is 2.22. The molecule has 0 unspecified atom stereocenters. The van der Waals surface area contributed by atoms with Crippen molar-refractivity contribution in [2.45, 2.75) is 6.54 Å². The van der Waals surface area contributed by atoms with Gasteiger partial charge in [-0.3, -0.25) is 9.69 Å². The lowest BCUT2D eigenvalue weighted by Crippen LogP contribution is -2.30. The molecule has 0 atom stereocenters. The van der Waals surface area contributed by atoms with Gasteiger partial charge in [-0.15, -0.1) is 0 Å². The largest absolute Gasteiger partial charge is 0.322 e. The van der Waals surface area contributed by atoms with Gasteiger partial charge in [-0.1, -0.05) is 41.4 Å². The van der Waals surface area contributed by atoms with Gasteiger partial charge in [0.25, 0.3) is 0 Å². The van der Waals surface area contributed by atoms with Crippen LogP contribution in [0, 0.1) is 5.82 Å². The monoisotopic (exact) mass is 340 g/mol. The van der Waals surface area contributed by atoms with E-state index in [1.165, 1.54) is 12.1 Å². The van der Waals surface area contributed by atoms with Crippen molar-refractivity contribution in [3.05, 3.63) is 63.9 Å². The molecule has 22 heavy (non-hydrogen) atoms. The Labute approximate surface area is 138 Å². The van der Waals surface area contributed by atoms with Crippen LogP contribution < -0.4 is 5.32 Å². The van der Waals surface area contributed by atoms with Crippen molar-refractivity contribution >= 4 is 34.8 Å². The number of likely N-dealkylation sites (N-methyl/N-ethyl adjacent to an activating group) is 1. The summed E-state index contributed by atoms with van der Waals surface area (Å²) >= 11 is 11.9. The van der Waals surface area contributed by atoms with E-state index in [2.05, 4.69) is 5.32 Å².